The first-order valence-corrected chi connectivity index (χ1v) is 12.0. The molecule has 176 valence electrons. The maximum absolute atomic E-state index is 12.1. The second-order valence-corrected chi connectivity index (χ2v) is 10.7. The van der Waals surface area contributed by atoms with Gasteiger partial charge in [0.25, 0.3) is 0 Å². The Hall–Kier alpha value is -2.21. The molecule has 1 N–H and O–H groups in total. The molecule has 0 aromatic carbocycles. The van der Waals surface area contributed by atoms with Crippen LogP contribution >= 0.6 is 0 Å². The summed E-state index contributed by atoms with van der Waals surface area (Å²) in [4.78, 5) is 24.3. The first-order chi connectivity index (χ1) is 15.1. The van der Waals surface area contributed by atoms with E-state index in [4.69, 9.17) is 14.7 Å². The highest BCUT2D eigenvalue weighted by molar-refractivity contribution is 5.95. The van der Waals surface area contributed by atoms with E-state index in [0.717, 1.165) is 38.6 Å². The number of allylic oxidation sites excluding steroid dienone is 1. The highest BCUT2D eigenvalue weighted by Gasteiger charge is 2.40. The maximum Gasteiger partial charge on any atom is 0.407 e. The molecule has 3 heterocycles. The average Bonchev–Trinajstić information content (AvgIpc) is 2.70. The number of aromatic nitrogens is 1. The van der Waals surface area contributed by atoms with Crippen molar-refractivity contribution in [2.45, 2.75) is 91.3 Å². The van der Waals surface area contributed by atoms with Crippen LogP contribution < -0.4 is 5.32 Å². The summed E-state index contributed by atoms with van der Waals surface area (Å²) >= 11 is 0. The third-order valence-corrected chi connectivity index (χ3v) is 6.34. The zero-order valence-corrected chi connectivity index (χ0v) is 20.6. The molecule has 0 bridgehead atoms. The monoisotopic (exact) mass is 440 g/mol. The van der Waals surface area contributed by atoms with Crippen LogP contribution in [-0.2, 0) is 4.74 Å². The molecule has 0 spiro atoms. The number of nitrogens with one attached hydrogen (secondary N) is 1. The third kappa shape index (κ3) is 6.18. The Balaban J connectivity index is 1.77. The van der Waals surface area contributed by atoms with Crippen molar-refractivity contribution in [2.75, 3.05) is 13.1 Å². The zero-order chi connectivity index (χ0) is 23.4. The molecule has 2 aliphatic heterocycles. The van der Waals surface area contributed by atoms with Crippen LogP contribution in [-0.4, -0.2) is 46.4 Å². The summed E-state index contributed by atoms with van der Waals surface area (Å²) in [5.41, 5.74) is 3.25. The molecule has 0 radical (unpaired) electrons. The minimum atomic E-state index is -0.484. The second kappa shape index (κ2) is 10.2. The van der Waals surface area contributed by atoms with Crippen molar-refractivity contribution in [1.29, 1.82) is 0 Å². The third-order valence-electron chi connectivity index (χ3n) is 6.34. The number of hydrogen-bond donors (Lipinski definition) is 1. The quantitative estimate of drug-likeness (QED) is 0.586. The summed E-state index contributed by atoms with van der Waals surface area (Å²) in [6.45, 7) is 13.9. The van der Waals surface area contributed by atoms with E-state index < -0.39 is 5.60 Å². The molecule has 32 heavy (non-hydrogen) atoms. The Morgan fingerprint density at radius 1 is 1.28 bits per heavy atom. The topological polar surface area (TPSA) is 66.8 Å². The summed E-state index contributed by atoms with van der Waals surface area (Å²) in [5, 5.41) is 2.91. The number of aryl methyl sites for hydroxylation is 1. The van der Waals surface area contributed by atoms with Crippen LogP contribution in [0.4, 0.5) is 4.79 Å². The lowest BCUT2D eigenvalue weighted by molar-refractivity contribution is 0.0520. The molecule has 1 saturated heterocycles. The van der Waals surface area contributed by atoms with Crippen molar-refractivity contribution in [3.63, 3.8) is 0 Å². The van der Waals surface area contributed by atoms with Gasteiger partial charge < -0.3 is 10.1 Å². The number of hydrogen-bond acceptors (Lipinski definition) is 5. The predicted octanol–water partition coefficient (Wildman–Crippen LogP) is 5.59. The van der Waals surface area contributed by atoms with Crippen LogP contribution in [0, 0.1) is 12.3 Å². The fourth-order valence-corrected chi connectivity index (χ4v) is 4.86. The summed E-state index contributed by atoms with van der Waals surface area (Å²) < 4.78 is 5.38. The smallest absolute Gasteiger partial charge is 0.407 e. The highest BCUT2D eigenvalue weighted by Crippen LogP contribution is 2.40. The summed E-state index contributed by atoms with van der Waals surface area (Å²) in [6.07, 6.45) is 10.9. The number of alkyl carbamates (subject to hydrolysis) is 1. The van der Waals surface area contributed by atoms with Crippen molar-refractivity contribution in [1.82, 2.24) is 15.2 Å². The Kier molecular flexibility index (Phi) is 7.75. The summed E-state index contributed by atoms with van der Waals surface area (Å²) in [5.74, 6) is 0. The van der Waals surface area contributed by atoms with E-state index in [-0.39, 0.29) is 23.6 Å². The van der Waals surface area contributed by atoms with E-state index in [1.807, 2.05) is 39.2 Å². The van der Waals surface area contributed by atoms with Gasteiger partial charge in [-0.1, -0.05) is 26.0 Å². The Labute approximate surface area is 193 Å². The van der Waals surface area contributed by atoms with Crippen LogP contribution in [0.2, 0.25) is 0 Å². The van der Waals surface area contributed by atoms with Crippen molar-refractivity contribution >= 4 is 11.8 Å². The van der Waals surface area contributed by atoms with Gasteiger partial charge in [-0.3, -0.25) is 14.9 Å². The summed E-state index contributed by atoms with van der Waals surface area (Å²) in [7, 11) is 0. The summed E-state index contributed by atoms with van der Waals surface area (Å²) in [6, 6.07) is 4.71. The molecule has 1 fully saturated rings. The van der Waals surface area contributed by atoms with Crippen LogP contribution in [0.3, 0.4) is 0 Å². The SMILES string of the molecule is Cc1cccnc1[C@H]1CCC[C@@H](C2=NC=CCC2(C)C)N1CCCNC(=O)OC(C)(C)C. The van der Waals surface area contributed by atoms with Gasteiger partial charge in [0.1, 0.15) is 5.60 Å². The van der Waals surface area contributed by atoms with Crippen molar-refractivity contribution in [3.8, 4) is 0 Å². The number of aliphatic imine (C=N–C) groups is 1. The Morgan fingerprint density at radius 2 is 2.03 bits per heavy atom. The van der Waals surface area contributed by atoms with E-state index >= 15 is 0 Å². The molecule has 0 saturated carbocycles. The number of nitrogens with zero attached hydrogens (tertiary/aromatic N) is 3. The van der Waals surface area contributed by atoms with Crippen molar-refractivity contribution < 1.29 is 9.53 Å². The molecular weight excluding hydrogens is 400 g/mol. The van der Waals surface area contributed by atoms with E-state index in [9.17, 15) is 4.79 Å². The fraction of sp³-hybridized carbons (Fsp3) is 0.654. The lowest BCUT2D eigenvalue weighted by Gasteiger charge is -2.46. The molecule has 1 amide bonds. The molecule has 1 aromatic heterocycles. The molecule has 0 unspecified atom stereocenters. The first-order valence-electron chi connectivity index (χ1n) is 12.0. The van der Waals surface area contributed by atoms with Crippen molar-refractivity contribution in [3.05, 3.63) is 41.9 Å². The van der Waals surface area contributed by atoms with Gasteiger partial charge in [0.15, 0.2) is 0 Å². The lowest BCUT2D eigenvalue weighted by Crippen LogP contribution is -2.51. The first kappa shape index (κ1) is 24.4. The molecule has 3 rings (SSSR count). The Bertz CT molecular complexity index is 854. The Morgan fingerprint density at radius 3 is 2.72 bits per heavy atom. The molecular formula is C26H40N4O2. The standard InChI is InChI=1S/C26H40N4O2/c1-19-11-8-15-27-22(19)20-12-7-13-21(23-26(5,6)14-9-16-28-23)30(20)18-10-17-29-24(31)32-25(2,3)4/h8-9,11,15-16,20-21H,7,10,12-14,17-18H2,1-6H3,(H,29,31)/t20-,21+/m1/s1. The number of pyridine rings is 1. The fourth-order valence-electron chi connectivity index (χ4n) is 4.86. The van der Waals surface area contributed by atoms with Crippen LogP contribution in [0.1, 0.15) is 84.0 Å². The largest absolute Gasteiger partial charge is 0.444 e. The van der Waals surface area contributed by atoms with Crippen LogP contribution in [0.15, 0.2) is 35.6 Å². The van der Waals surface area contributed by atoms with E-state index in [1.165, 1.54) is 17.0 Å². The van der Waals surface area contributed by atoms with Gasteiger partial charge in [0.2, 0.25) is 0 Å². The van der Waals surface area contributed by atoms with Gasteiger partial charge in [0.05, 0.1) is 11.7 Å². The maximum atomic E-state index is 12.1. The van der Waals surface area contributed by atoms with Gasteiger partial charge in [-0.2, -0.15) is 0 Å². The van der Waals surface area contributed by atoms with E-state index in [1.54, 1.807) is 0 Å². The van der Waals surface area contributed by atoms with Crippen LogP contribution in [0.5, 0.6) is 0 Å². The second-order valence-electron chi connectivity index (χ2n) is 10.7. The number of ether oxygens (including phenoxy) is 1. The van der Waals surface area contributed by atoms with Gasteiger partial charge in [-0.25, -0.2) is 4.79 Å². The molecule has 1 aromatic rings. The predicted molar refractivity (Wildman–Crippen MR) is 130 cm³/mol. The van der Waals surface area contributed by atoms with Gasteiger partial charge in [-0.05, 0) is 71.4 Å². The van der Waals surface area contributed by atoms with E-state index in [0.29, 0.717) is 6.54 Å². The number of rotatable bonds is 6. The van der Waals surface area contributed by atoms with Gasteiger partial charge in [-0.15, -0.1) is 0 Å². The number of likely N-dealkylation sites (tertiary alicyclic amines) is 1. The molecule has 6 heteroatoms. The minimum absolute atomic E-state index is 0.0491. The minimum Gasteiger partial charge on any atom is -0.444 e. The lowest BCUT2D eigenvalue weighted by atomic mass is 9.75. The number of carbonyl (C=O) groups excluding carboxylic acids is 1. The molecule has 2 aliphatic rings. The van der Waals surface area contributed by atoms with E-state index in [2.05, 4.69) is 43.1 Å². The normalized spacial score (nSPS) is 23.5. The number of amides is 1. The van der Waals surface area contributed by atoms with Crippen molar-refractivity contribution in [2.24, 2.45) is 10.4 Å². The number of piperidine rings is 1. The van der Waals surface area contributed by atoms with Crippen LogP contribution in [0.25, 0.3) is 0 Å². The molecule has 2 atom stereocenters. The highest BCUT2D eigenvalue weighted by atomic mass is 16.6. The number of carbonyl (C=O) groups is 1. The zero-order valence-electron chi connectivity index (χ0n) is 20.6. The average molecular weight is 441 g/mol. The molecule has 6 nitrogen and oxygen atoms in total. The molecule has 0 aliphatic carbocycles. The van der Waals surface area contributed by atoms with Gasteiger partial charge in [0, 0.05) is 42.7 Å². The van der Waals surface area contributed by atoms with Gasteiger partial charge >= 0.3 is 6.09 Å².